The molecule has 3 heterocycles. The van der Waals surface area contributed by atoms with Gasteiger partial charge in [0.1, 0.15) is 5.60 Å². The Kier molecular flexibility index (Phi) is 3.70. The fourth-order valence-electron chi connectivity index (χ4n) is 3.31. The maximum atomic E-state index is 12.2. The van der Waals surface area contributed by atoms with Crippen molar-refractivity contribution in [2.24, 2.45) is 5.41 Å². The number of likely N-dealkylation sites (tertiary alicyclic amines) is 1. The first-order valence-corrected chi connectivity index (χ1v) is 7.87. The Morgan fingerprint density at radius 1 is 1.18 bits per heavy atom. The van der Waals surface area contributed by atoms with Crippen LogP contribution < -0.4 is 4.90 Å². The summed E-state index contributed by atoms with van der Waals surface area (Å²) in [5.74, 6) is 0.787. The van der Waals surface area contributed by atoms with Gasteiger partial charge in [0.05, 0.1) is 0 Å². The van der Waals surface area contributed by atoms with Crippen LogP contribution in [0.2, 0.25) is 0 Å². The number of rotatable bonds is 1. The van der Waals surface area contributed by atoms with E-state index in [-0.39, 0.29) is 11.5 Å². The van der Waals surface area contributed by atoms with Crippen molar-refractivity contribution in [1.82, 2.24) is 14.9 Å². The lowest BCUT2D eigenvalue weighted by atomic mass is 9.86. The summed E-state index contributed by atoms with van der Waals surface area (Å²) in [5.41, 5.74) is -0.275. The van der Waals surface area contributed by atoms with Gasteiger partial charge in [0, 0.05) is 44.0 Å². The molecule has 0 saturated carbocycles. The fourth-order valence-corrected chi connectivity index (χ4v) is 3.31. The number of ether oxygens (including phenoxy) is 1. The summed E-state index contributed by atoms with van der Waals surface area (Å²) in [6, 6.07) is 1.83. The molecular formula is C16H24N4O2. The van der Waals surface area contributed by atoms with Crippen molar-refractivity contribution in [3.05, 3.63) is 18.5 Å². The van der Waals surface area contributed by atoms with E-state index >= 15 is 0 Å². The van der Waals surface area contributed by atoms with Gasteiger partial charge in [-0.25, -0.2) is 14.8 Å². The van der Waals surface area contributed by atoms with Crippen LogP contribution in [0.5, 0.6) is 0 Å². The van der Waals surface area contributed by atoms with Gasteiger partial charge in [-0.05, 0) is 39.7 Å². The predicted molar refractivity (Wildman–Crippen MR) is 83.7 cm³/mol. The summed E-state index contributed by atoms with van der Waals surface area (Å²) in [6.45, 7) is 9.12. The van der Waals surface area contributed by atoms with Crippen LogP contribution in [0, 0.1) is 5.41 Å². The molecule has 2 aliphatic heterocycles. The average Bonchev–Trinajstić information content (AvgIpc) is 3.06. The average molecular weight is 304 g/mol. The van der Waals surface area contributed by atoms with E-state index in [1.54, 1.807) is 12.4 Å². The van der Waals surface area contributed by atoms with Crippen molar-refractivity contribution < 1.29 is 9.53 Å². The quantitative estimate of drug-likeness (QED) is 0.797. The molecule has 2 aliphatic rings. The maximum Gasteiger partial charge on any atom is 0.410 e. The Morgan fingerprint density at radius 3 is 2.55 bits per heavy atom. The van der Waals surface area contributed by atoms with Gasteiger partial charge < -0.3 is 14.5 Å². The lowest BCUT2D eigenvalue weighted by Crippen LogP contribution is -2.37. The number of carbonyl (C=O) groups is 1. The maximum absolute atomic E-state index is 12.2. The van der Waals surface area contributed by atoms with Gasteiger partial charge in [0.2, 0.25) is 5.95 Å². The van der Waals surface area contributed by atoms with E-state index in [2.05, 4.69) is 14.9 Å². The predicted octanol–water partition coefficient (Wildman–Crippen LogP) is 2.31. The molecule has 1 aromatic heterocycles. The second-order valence-electron chi connectivity index (χ2n) is 7.37. The fraction of sp³-hybridized carbons (Fsp3) is 0.688. The van der Waals surface area contributed by atoms with E-state index < -0.39 is 5.60 Å². The lowest BCUT2D eigenvalue weighted by molar-refractivity contribution is 0.0276. The number of aromatic nitrogens is 2. The van der Waals surface area contributed by atoms with Gasteiger partial charge in [-0.1, -0.05) is 0 Å². The molecule has 6 nitrogen and oxygen atoms in total. The molecule has 6 heteroatoms. The van der Waals surface area contributed by atoms with Crippen molar-refractivity contribution >= 4 is 12.0 Å². The van der Waals surface area contributed by atoms with Crippen LogP contribution in [0.1, 0.15) is 33.6 Å². The topological polar surface area (TPSA) is 58.6 Å². The summed E-state index contributed by atoms with van der Waals surface area (Å²) < 4.78 is 5.48. The molecule has 0 bridgehead atoms. The Hall–Kier alpha value is -1.85. The van der Waals surface area contributed by atoms with Crippen LogP contribution in [0.3, 0.4) is 0 Å². The second-order valence-corrected chi connectivity index (χ2v) is 7.37. The van der Waals surface area contributed by atoms with Gasteiger partial charge in [-0.3, -0.25) is 0 Å². The van der Waals surface area contributed by atoms with E-state index in [1.165, 1.54) is 0 Å². The van der Waals surface area contributed by atoms with Crippen LogP contribution in [0.4, 0.5) is 10.7 Å². The third-order valence-electron chi connectivity index (χ3n) is 4.36. The first kappa shape index (κ1) is 15.1. The summed E-state index contributed by atoms with van der Waals surface area (Å²) >= 11 is 0. The highest BCUT2D eigenvalue weighted by Gasteiger charge is 2.46. The first-order valence-electron chi connectivity index (χ1n) is 7.87. The van der Waals surface area contributed by atoms with Crippen molar-refractivity contribution in [1.29, 1.82) is 0 Å². The minimum absolute atomic E-state index is 0.163. The van der Waals surface area contributed by atoms with E-state index in [0.29, 0.717) is 0 Å². The Labute approximate surface area is 131 Å². The molecule has 0 radical (unpaired) electrons. The number of amides is 1. The van der Waals surface area contributed by atoms with Gasteiger partial charge in [-0.15, -0.1) is 0 Å². The van der Waals surface area contributed by atoms with E-state index in [9.17, 15) is 4.79 Å². The molecule has 120 valence electrons. The van der Waals surface area contributed by atoms with Crippen molar-refractivity contribution in [2.75, 3.05) is 31.1 Å². The Bertz CT molecular complexity index is 543. The lowest BCUT2D eigenvalue weighted by Gasteiger charge is -2.27. The molecule has 2 fully saturated rings. The van der Waals surface area contributed by atoms with Gasteiger partial charge in [-0.2, -0.15) is 0 Å². The first-order chi connectivity index (χ1) is 10.4. The highest BCUT2D eigenvalue weighted by atomic mass is 16.6. The molecule has 1 aromatic rings. The summed E-state index contributed by atoms with van der Waals surface area (Å²) in [5, 5.41) is 0. The molecule has 3 rings (SSSR count). The van der Waals surface area contributed by atoms with Crippen LogP contribution in [0.15, 0.2) is 18.5 Å². The zero-order chi connectivity index (χ0) is 15.8. The van der Waals surface area contributed by atoms with E-state index in [4.69, 9.17) is 4.74 Å². The number of hydrogen-bond donors (Lipinski definition) is 0. The third kappa shape index (κ3) is 3.15. The Balaban J connectivity index is 1.62. The zero-order valence-corrected chi connectivity index (χ0v) is 13.6. The monoisotopic (exact) mass is 304 g/mol. The third-order valence-corrected chi connectivity index (χ3v) is 4.36. The highest BCUT2D eigenvalue weighted by Crippen LogP contribution is 2.40. The molecule has 1 unspecified atom stereocenters. The molecule has 22 heavy (non-hydrogen) atoms. The van der Waals surface area contributed by atoms with Crippen LogP contribution >= 0.6 is 0 Å². The molecule has 0 aliphatic carbocycles. The minimum atomic E-state index is -0.438. The van der Waals surface area contributed by atoms with Crippen LogP contribution in [-0.2, 0) is 4.74 Å². The largest absolute Gasteiger partial charge is 0.444 e. The molecule has 1 spiro atoms. The van der Waals surface area contributed by atoms with E-state index in [0.717, 1.165) is 45.0 Å². The van der Waals surface area contributed by atoms with Gasteiger partial charge in [0.15, 0.2) is 0 Å². The molecule has 1 amide bonds. The van der Waals surface area contributed by atoms with Crippen LogP contribution in [0.25, 0.3) is 0 Å². The van der Waals surface area contributed by atoms with Crippen molar-refractivity contribution in [3.63, 3.8) is 0 Å². The normalized spacial score (nSPS) is 25.0. The van der Waals surface area contributed by atoms with Crippen molar-refractivity contribution in [3.8, 4) is 0 Å². The number of nitrogens with zero attached hydrogens (tertiary/aromatic N) is 4. The molecule has 0 N–H and O–H groups in total. The summed E-state index contributed by atoms with van der Waals surface area (Å²) in [4.78, 5) is 24.9. The summed E-state index contributed by atoms with van der Waals surface area (Å²) in [6.07, 6.45) is 5.45. The van der Waals surface area contributed by atoms with Gasteiger partial charge in [0.25, 0.3) is 0 Å². The van der Waals surface area contributed by atoms with Crippen LogP contribution in [-0.4, -0.2) is 52.7 Å². The smallest absolute Gasteiger partial charge is 0.410 e. The molecule has 1 atom stereocenters. The molecule has 0 aromatic carbocycles. The number of carbonyl (C=O) groups excluding carboxylic acids is 1. The zero-order valence-electron chi connectivity index (χ0n) is 13.6. The van der Waals surface area contributed by atoms with Gasteiger partial charge >= 0.3 is 6.09 Å². The second kappa shape index (κ2) is 5.41. The SMILES string of the molecule is CC(C)(C)OC(=O)N1CCC2(CCN(c3ncccn3)C2)C1. The number of hydrogen-bond acceptors (Lipinski definition) is 5. The standard InChI is InChI=1S/C16H24N4O2/c1-15(2,3)22-14(21)20-10-6-16(12-20)5-9-19(11-16)13-17-7-4-8-18-13/h4,7-8H,5-6,9-12H2,1-3H3. The molecule has 2 saturated heterocycles. The highest BCUT2D eigenvalue weighted by molar-refractivity contribution is 5.68. The number of anilines is 1. The molecular weight excluding hydrogens is 280 g/mol. The minimum Gasteiger partial charge on any atom is -0.444 e. The van der Waals surface area contributed by atoms with E-state index in [1.807, 2.05) is 31.7 Å². The van der Waals surface area contributed by atoms with Crippen molar-refractivity contribution in [2.45, 2.75) is 39.2 Å². The Morgan fingerprint density at radius 2 is 1.86 bits per heavy atom. The summed E-state index contributed by atoms with van der Waals surface area (Å²) in [7, 11) is 0.